The maximum Gasteiger partial charge on any atom is 0.185 e. The highest BCUT2D eigenvalue weighted by Crippen LogP contribution is 2.12. The molecule has 2 rings (SSSR count). The lowest BCUT2D eigenvalue weighted by atomic mass is 10.1. The minimum Gasteiger partial charge on any atom is -0.292 e. The third kappa shape index (κ3) is 2.39. The van der Waals surface area contributed by atoms with Crippen LogP contribution in [0.15, 0.2) is 41.0 Å². The van der Waals surface area contributed by atoms with Crippen molar-refractivity contribution in [3.05, 3.63) is 52.3 Å². The maximum absolute atomic E-state index is 11.9. The number of hydrogen-bond donors (Lipinski definition) is 0. The van der Waals surface area contributed by atoms with Gasteiger partial charge in [0.1, 0.15) is 5.69 Å². The van der Waals surface area contributed by atoms with Gasteiger partial charge in [-0.1, -0.05) is 28.1 Å². The molecule has 0 saturated heterocycles. The number of nitrogens with zero attached hydrogens (tertiary/aromatic N) is 2. The molecule has 0 spiro atoms. The van der Waals surface area contributed by atoms with Gasteiger partial charge in [0, 0.05) is 24.1 Å². The molecule has 0 bridgehead atoms. The van der Waals surface area contributed by atoms with Crippen LogP contribution in [-0.2, 0) is 13.5 Å². The van der Waals surface area contributed by atoms with E-state index in [4.69, 9.17) is 0 Å². The lowest BCUT2D eigenvalue weighted by Gasteiger charge is -2.02. The second-order valence-corrected chi connectivity index (χ2v) is 4.48. The van der Waals surface area contributed by atoms with Crippen LogP contribution in [0.5, 0.6) is 0 Å². The van der Waals surface area contributed by atoms with Crippen molar-refractivity contribution >= 4 is 21.7 Å². The Morgan fingerprint density at radius 3 is 2.56 bits per heavy atom. The maximum atomic E-state index is 11.9. The first-order chi connectivity index (χ1) is 7.66. The van der Waals surface area contributed by atoms with Gasteiger partial charge in [0.2, 0.25) is 0 Å². The first kappa shape index (κ1) is 11.1. The van der Waals surface area contributed by atoms with Crippen molar-refractivity contribution in [1.82, 2.24) is 9.78 Å². The lowest BCUT2D eigenvalue weighted by Crippen LogP contribution is -2.09. The number of carbonyl (C=O) groups is 1. The average Bonchev–Trinajstić information content (AvgIpc) is 2.68. The fourth-order valence-corrected chi connectivity index (χ4v) is 1.79. The van der Waals surface area contributed by atoms with Crippen LogP contribution in [0.4, 0.5) is 0 Å². The summed E-state index contributed by atoms with van der Waals surface area (Å²) in [6.45, 7) is 0. The normalized spacial score (nSPS) is 10.4. The van der Waals surface area contributed by atoms with E-state index >= 15 is 0 Å². The summed E-state index contributed by atoms with van der Waals surface area (Å²) in [5.74, 6) is 0.0855. The van der Waals surface area contributed by atoms with Crippen LogP contribution < -0.4 is 0 Å². The van der Waals surface area contributed by atoms with E-state index in [0.717, 1.165) is 10.0 Å². The number of ketones is 1. The summed E-state index contributed by atoms with van der Waals surface area (Å²) in [5.41, 5.74) is 1.65. The van der Waals surface area contributed by atoms with Crippen LogP contribution in [-0.4, -0.2) is 15.6 Å². The summed E-state index contributed by atoms with van der Waals surface area (Å²) in [7, 11) is 1.77. The Labute approximate surface area is 102 Å². The quantitative estimate of drug-likeness (QED) is 0.809. The molecule has 0 aliphatic rings. The Balaban J connectivity index is 2.14. The monoisotopic (exact) mass is 278 g/mol. The minimum absolute atomic E-state index is 0.0855. The van der Waals surface area contributed by atoms with E-state index in [0.29, 0.717) is 12.1 Å². The van der Waals surface area contributed by atoms with Crippen LogP contribution >= 0.6 is 15.9 Å². The molecular weight excluding hydrogens is 268 g/mol. The minimum atomic E-state index is 0.0855. The van der Waals surface area contributed by atoms with Crippen LogP contribution in [0.3, 0.4) is 0 Å². The first-order valence-electron chi connectivity index (χ1n) is 4.92. The molecule has 3 nitrogen and oxygen atoms in total. The predicted octanol–water partition coefficient (Wildman–Crippen LogP) is 2.61. The van der Waals surface area contributed by atoms with Gasteiger partial charge in [0.25, 0.3) is 0 Å². The van der Waals surface area contributed by atoms with Crippen LogP contribution in [0.2, 0.25) is 0 Å². The van der Waals surface area contributed by atoms with Gasteiger partial charge in [-0.2, -0.15) is 5.10 Å². The third-order valence-electron chi connectivity index (χ3n) is 2.38. The van der Waals surface area contributed by atoms with E-state index in [9.17, 15) is 4.79 Å². The predicted molar refractivity (Wildman–Crippen MR) is 65.4 cm³/mol. The molecular formula is C12H11BrN2O. The lowest BCUT2D eigenvalue weighted by molar-refractivity contribution is 0.0984. The summed E-state index contributed by atoms with van der Waals surface area (Å²) in [6, 6.07) is 9.50. The Bertz CT molecular complexity index is 502. The number of aryl methyl sites for hydroxylation is 1. The third-order valence-corrected chi connectivity index (χ3v) is 2.91. The molecule has 0 N–H and O–H groups in total. The van der Waals surface area contributed by atoms with Crippen molar-refractivity contribution in [1.29, 1.82) is 0 Å². The number of halogens is 1. The molecule has 0 saturated carbocycles. The molecule has 0 aliphatic carbocycles. The van der Waals surface area contributed by atoms with Gasteiger partial charge >= 0.3 is 0 Å². The largest absolute Gasteiger partial charge is 0.292 e. The zero-order valence-electron chi connectivity index (χ0n) is 8.85. The summed E-state index contributed by atoms with van der Waals surface area (Å²) in [4.78, 5) is 11.9. The molecule has 16 heavy (non-hydrogen) atoms. The fourth-order valence-electron chi connectivity index (χ4n) is 1.53. The Morgan fingerprint density at radius 2 is 2.00 bits per heavy atom. The molecule has 1 aromatic carbocycles. The van der Waals surface area contributed by atoms with E-state index < -0.39 is 0 Å². The van der Waals surface area contributed by atoms with Gasteiger partial charge in [-0.05, 0) is 23.8 Å². The topological polar surface area (TPSA) is 34.9 Å². The molecule has 2 aromatic rings. The Hall–Kier alpha value is -1.42. The average molecular weight is 279 g/mol. The molecule has 1 aromatic heterocycles. The first-order valence-corrected chi connectivity index (χ1v) is 5.72. The molecule has 1 heterocycles. The number of aromatic nitrogens is 2. The summed E-state index contributed by atoms with van der Waals surface area (Å²) >= 11 is 3.36. The highest BCUT2D eigenvalue weighted by atomic mass is 79.9. The molecule has 0 amide bonds. The summed E-state index contributed by atoms with van der Waals surface area (Å²) in [6.07, 6.45) is 2.04. The second-order valence-electron chi connectivity index (χ2n) is 3.57. The van der Waals surface area contributed by atoms with E-state index in [1.807, 2.05) is 24.3 Å². The molecule has 0 unspecified atom stereocenters. The van der Waals surface area contributed by atoms with Gasteiger partial charge in [0.05, 0.1) is 0 Å². The molecule has 0 atom stereocenters. The van der Waals surface area contributed by atoms with Crippen molar-refractivity contribution in [2.75, 3.05) is 0 Å². The fraction of sp³-hybridized carbons (Fsp3) is 0.167. The SMILES string of the molecule is Cn1nccc1C(=O)Cc1ccc(Br)cc1. The van der Waals surface area contributed by atoms with Crippen LogP contribution in [0.1, 0.15) is 16.1 Å². The van der Waals surface area contributed by atoms with Crippen molar-refractivity contribution < 1.29 is 4.79 Å². The number of rotatable bonds is 3. The second kappa shape index (κ2) is 4.61. The van der Waals surface area contributed by atoms with Gasteiger partial charge in [-0.3, -0.25) is 9.48 Å². The Morgan fingerprint density at radius 1 is 1.31 bits per heavy atom. The van der Waals surface area contributed by atoms with Crippen molar-refractivity contribution in [2.45, 2.75) is 6.42 Å². The molecule has 0 radical (unpaired) electrons. The van der Waals surface area contributed by atoms with E-state index in [2.05, 4.69) is 21.0 Å². The highest BCUT2D eigenvalue weighted by molar-refractivity contribution is 9.10. The zero-order chi connectivity index (χ0) is 11.5. The number of hydrogen-bond acceptors (Lipinski definition) is 2. The van der Waals surface area contributed by atoms with Crippen molar-refractivity contribution in [3.8, 4) is 0 Å². The van der Waals surface area contributed by atoms with E-state index in [1.165, 1.54) is 0 Å². The van der Waals surface area contributed by atoms with Crippen molar-refractivity contribution in [2.24, 2.45) is 7.05 Å². The van der Waals surface area contributed by atoms with Crippen LogP contribution in [0.25, 0.3) is 0 Å². The number of benzene rings is 1. The number of Topliss-reactive ketones (excluding diaryl/α,β-unsaturated/α-hetero) is 1. The van der Waals surface area contributed by atoms with Crippen LogP contribution in [0, 0.1) is 0 Å². The standard InChI is InChI=1S/C12H11BrN2O/c1-15-11(6-7-14-15)12(16)8-9-2-4-10(13)5-3-9/h2-7H,8H2,1H3. The van der Waals surface area contributed by atoms with E-state index in [1.54, 1.807) is 24.0 Å². The number of carbonyl (C=O) groups excluding carboxylic acids is 1. The zero-order valence-corrected chi connectivity index (χ0v) is 10.4. The van der Waals surface area contributed by atoms with Gasteiger partial charge in [-0.25, -0.2) is 0 Å². The molecule has 0 fully saturated rings. The summed E-state index contributed by atoms with van der Waals surface area (Å²) < 4.78 is 2.62. The Kier molecular flexibility index (Phi) is 3.19. The van der Waals surface area contributed by atoms with Crippen molar-refractivity contribution in [3.63, 3.8) is 0 Å². The van der Waals surface area contributed by atoms with Gasteiger partial charge in [0.15, 0.2) is 5.78 Å². The van der Waals surface area contributed by atoms with E-state index in [-0.39, 0.29) is 5.78 Å². The molecule has 4 heteroatoms. The molecule has 82 valence electrons. The highest BCUT2D eigenvalue weighted by Gasteiger charge is 2.10. The smallest absolute Gasteiger partial charge is 0.185 e. The summed E-state index contributed by atoms with van der Waals surface area (Å²) in [5, 5.41) is 3.98. The molecule has 0 aliphatic heterocycles. The van der Waals surface area contributed by atoms with Gasteiger partial charge in [-0.15, -0.1) is 0 Å². The van der Waals surface area contributed by atoms with Gasteiger partial charge < -0.3 is 0 Å².